The van der Waals surface area contributed by atoms with Crippen LogP contribution in [-0.4, -0.2) is 41.9 Å². The first-order chi connectivity index (χ1) is 7.92. The van der Waals surface area contributed by atoms with E-state index in [9.17, 15) is 0 Å². The molecular weight excluding hydrogens is 200 g/mol. The van der Waals surface area contributed by atoms with Crippen LogP contribution in [0.25, 0.3) is 0 Å². The smallest absolute Gasteiger partial charge is 0.212 e. The van der Waals surface area contributed by atoms with E-state index in [0.29, 0.717) is 0 Å². The summed E-state index contributed by atoms with van der Waals surface area (Å²) in [5.74, 6) is 0.901. The summed E-state index contributed by atoms with van der Waals surface area (Å²) in [5, 5.41) is 8.80. The molecule has 2 aliphatic heterocycles. The monoisotopic (exact) mass is 219 g/mol. The van der Waals surface area contributed by atoms with Gasteiger partial charge in [0.1, 0.15) is 0 Å². The van der Waals surface area contributed by atoms with Gasteiger partial charge in [0.05, 0.1) is 0 Å². The molecule has 0 saturated carbocycles. The molecular formula is C12H19N4. The van der Waals surface area contributed by atoms with E-state index in [0.717, 1.165) is 32.1 Å². The van der Waals surface area contributed by atoms with E-state index in [2.05, 4.69) is 21.2 Å². The Morgan fingerprint density at radius 3 is 2.44 bits per heavy atom. The fourth-order valence-electron chi connectivity index (χ4n) is 2.43. The van der Waals surface area contributed by atoms with Gasteiger partial charge in [-0.05, 0) is 38.5 Å². The van der Waals surface area contributed by atoms with Crippen molar-refractivity contribution in [3.63, 3.8) is 0 Å². The second-order valence-electron chi connectivity index (χ2n) is 4.44. The lowest BCUT2D eigenvalue weighted by atomic mass is 10.1. The number of nitrogens with zero attached hydrogens (tertiary/aromatic N) is 4. The molecule has 0 aromatic rings. The Labute approximate surface area is 97.5 Å². The summed E-state index contributed by atoms with van der Waals surface area (Å²) < 4.78 is 0. The molecule has 2 rings (SSSR count). The zero-order valence-electron chi connectivity index (χ0n) is 9.73. The lowest BCUT2D eigenvalue weighted by molar-refractivity contribution is 0.275. The van der Waals surface area contributed by atoms with Crippen LogP contribution in [0.15, 0.2) is 4.99 Å². The highest BCUT2D eigenvalue weighted by molar-refractivity contribution is 5.81. The minimum atomic E-state index is 0.901. The van der Waals surface area contributed by atoms with Crippen molar-refractivity contribution in [3.8, 4) is 6.19 Å². The number of guanidine groups is 1. The Morgan fingerprint density at radius 2 is 1.81 bits per heavy atom. The van der Waals surface area contributed by atoms with Crippen LogP contribution in [0.1, 0.15) is 32.1 Å². The first-order valence-electron chi connectivity index (χ1n) is 6.20. The zero-order valence-corrected chi connectivity index (χ0v) is 9.73. The summed E-state index contributed by atoms with van der Waals surface area (Å²) >= 11 is 0. The van der Waals surface area contributed by atoms with E-state index >= 15 is 0 Å². The van der Waals surface area contributed by atoms with E-state index in [-0.39, 0.29) is 0 Å². The highest BCUT2D eigenvalue weighted by atomic mass is 15.4. The lowest BCUT2D eigenvalue weighted by Gasteiger charge is -2.37. The van der Waals surface area contributed by atoms with Gasteiger partial charge in [0.15, 0.2) is 0 Å². The minimum Gasteiger partial charge on any atom is -0.342 e. The Hall–Kier alpha value is -1.24. The van der Waals surface area contributed by atoms with Gasteiger partial charge >= 0.3 is 0 Å². The number of nitriles is 1. The normalized spacial score (nSPS) is 23.1. The fourth-order valence-corrected chi connectivity index (χ4v) is 2.43. The standard InChI is InChI=1S/C12H19N4/c13-11-14-12(15-7-3-1-4-8-15)16-9-5-2-6-10-16/h3H,1-2,4-10H2. The third-order valence-electron chi connectivity index (χ3n) is 3.26. The van der Waals surface area contributed by atoms with Crippen molar-refractivity contribution in [1.29, 1.82) is 5.26 Å². The van der Waals surface area contributed by atoms with Gasteiger partial charge in [-0.3, -0.25) is 0 Å². The number of hydrogen-bond acceptors (Lipinski definition) is 2. The molecule has 0 atom stereocenters. The van der Waals surface area contributed by atoms with Crippen molar-refractivity contribution in [3.05, 3.63) is 6.42 Å². The van der Waals surface area contributed by atoms with Crippen molar-refractivity contribution < 1.29 is 0 Å². The predicted molar refractivity (Wildman–Crippen MR) is 63.6 cm³/mol. The SMILES string of the molecule is N#CN=C(N1C[CH]CCC1)N1CCCCC1. The fraction of sp³-hybridized carbons (Fsp3) is 0.750. The average Bonchev–Trinajstić information content (AvgIpc) is 2.38. The minimum absolute atomic E-state index is 0.901. The predicted octanol–water partition coefficient (Wildman–Crippen LogP) is 1.61. The molecule has 0 aliphatic carbocycles. The quantitative estimate of drug-likeness (QED) is 0.353. The van der Waals surface area contributed by atoms with Crippen molar-refractivity contribution in [2.75, 3.05) is 26.2 Å². The van der Waals surface area contributed by atoms with Crippen LogP contribution in [0.3, 0.4) is 0 Å². The third kappa shape index (κ3) is 2.66. The van der Waals surface area contributed by atoms with Crippen LogP contribution < -0.4 is 0 Å². The Bertz CT molecular complexity index is 260. The molecule has 0 amide bonds. The van der Waals surface area contributed by atoms with E-state index < -0.39 is 0 Å². The first-order valence-corrected chi connectivity index (χ1v) is 6.20. The van der Waals surface area contributed by atoms with Gasteiger partial charge in [-0.25, -0.2) is 0 Å². The van der Waals surface area contributed by atoms with Gasteiger partial charge in [-0.2, -0.15) is 5.26 Å². The maximum absolute atomic E-state index is 8.80. The number of hydrogen-bond donors (Lipinski definition) is 0. The van der Waals surface area contributed by atoms with Crippen molar-refractivity contribution in [2.24, 2.45) is 4.99 Å². The van der Waals surface area contributed by atoms with Gasteiger partial charge in [0.25, 0.3) is 0 Å². The second kappa shape index (κ2) is 5.74. The Kier molecular flexibility index (Phi) is 4.03. The molecule has 0 aromatic heterocycles. The van der Waals surface area contributed by atoms with Crippen LogP contribution in [0.4, 0.5) is 0 Å². The molecule has 87 valence electrons. The van der Waals surface area contributed by atoms with Crippen LogP contribution in [0.2, 0.25) is 0 Å². The van der Waals surface area contributed by atoms with E-state index in [1.165, 1.54) is 32.1 Å². The summed E-state index contributed by atoms with van der Waals surface area (Å²) in [6, 6.07) is 0. The van der Waals surface area contributed by atoms with Crippen molar-refractivity contribution in [1.82, 2.24) is 9.80 Å². The highest BCUT2D eigenvalue weighted by Crippen LogP contribution is 2.15. The maximum Gasteiger partial charge on any atom is 0.212 e. The molecule has 2 saturated heterocycles. The van der Waals surface area contributed by atoms with E-state index in [1.54, 1.807) is 0 Å². The van der Waals surface area contributed by atoms with Gasteiger partial charge in [0.2, 0.25) is 12.2 Å². The maximum atomic E-state index is 8.80. The number of likely N-dealkylation sites (tertiary alicyclic amines) is 2. The topological polar surface area (TPSA) is 42.6 Å². The first kappa shape index (κ1) is 11.3. The van der Waals surface area contributed by atoms with E-state index in [4.69, 9.17) is 5.26 Å². The molecule has 0 unspecified atom stereocenters. The molecule has 0 aromatic carbocycles. The molecule has 2 aliphatic rings. The van der Waals surface area contributed by atoms with Crippen LogP contribution in [0.5, 0.6) is 0 Å². The largest absolute Gasteiger partial charge is 0.342 e. The van der Waals surface area contributed by atoms with Crippen molar-refractivity contribution in [2.45, 2.75) is 32.1 Å². The van der Waals surface area contributed by atoms with Crippen molar-refractivity contribution >= 4 is 5.96 Å². The summed E-state index contributed by atoms with van der Waals surface area (Å²) in [7, 11) is 0. The van der Waals surface area contributed by atoms with Crippen LogP contribution >= 0.6 is 0 Å². The average molecular weight is 219 g/mol. The van der Waals surface area contributed by atoms with Gasteiger partial charge in [-0.1, -0.05) is 0 Å². The Morgan fingerprint density at radius 1 is 1.06 bits per heavy atom. The molecule has 0 N–H and O–H groups in total. The number of rotatable bonds is 0. The third-order valence-corrected chi connectivity index (χ3v) is 3.26. The van der Waals surface area contributed by atoms with E-state index in [1.807, 2.05) is 6.19 Å². The van der Waals surface area contributed by atoms with Crippen LogP contribution in [-0.2, 0) is 0 Å². The molecule has 2 heterocycles. The van der Waals surface area contributed by atoms with Gasteiger partial charge < -0.3 is 9.80 Å². The molecule has 16 heavy (non-hydrogen) atoms. The Balaban J connectivity index is 2.03. The highest BCUT2D eigenvalue weighted by Gasteiger charge is 2.22. The zero-order chi connectivity index (χ0) is 11.2. The summed E-state index contributed by atoms with van der Waals surface area (Å²) in [6.07, 6.45) is 10.4. The molecule has 2 fully saturated rings. The molecule has 4 heteroatoms. The van der Waals surface area contributed by atoms with Gasteiger partial charge in [0, 0.05) is 26.2 Å². The molecule has 4 nitrogen and oxygen atoms in total. The molecule has 0 bridgehead atoms. The van der Waals surface area contributed by atoms with Crippen LogP contribution in [0, 0.1) is 17.9 Å². The molecule has 1 radical (unpaired) electrons. The second-order valence-corrected chi connectivity index (χ2v) is 4.44. The summed E-state index contributed by atoms with van der Waals surface area (Å²) in [5.41, 5.74) is 0. The summed E-state index contributed by atoms with van der Waals surface area (Å²) in [4.78, 5) is 8.53. The molecule has 0 spiro atoms. The number of aliphatic imine (C=N–C) groups is 1. The lowest BCUT2D eigenvalue weighted by Crippen LogP contribution is -2.48. The summed E-state index contributed by atoms with van der Waals surface area (Å²) in [6.45, 7) is 4.08. The number of piperidine rings is 2. The van der Waals surface area contributed by atoms with Gasteiger partial charge in [-0.15, -0.1) is 4.99 Å².